The number of hydrogen-bond donors (Lipinski definition) is 3. The first-order valence-electron chi connectivity index (χ1n) is 14.8. The molecule has 2 aromatic heterocycles. The number of hydrogen-bond acceptors (Lipinski definition) is 8. The number of anilines is 1. The zero-order chi connectivity index (χ0) is 34.3. The van der Waals surface area contributed by atoms with Crippen LogP contribution in [-0.4, -0.2) is 97.7 Å². The van der Waals surface area contributed by atoms with E-state index in [4.69, 9.17) is 15.2 Å². The van der Waals surface area contributed by atoms with Crippen molar-refractivity contribution in [2.75, 3.05) is 44.6 Å². The molecule has 0 unspecified atom stereocenters. The predicted molar refractivity (Wildman–Crippen MR) is 161 cm³/mol. The first kappa shape index (κ1) is 34.6. The van der Waals surface area contributed by atoms with Gasteiger partial charge in [-0.25, -0.2) is 4.98 Å². The monoisotopic (exact) mass is 657 g/mol. The molecule has 4 heterocycles. The summed E-state index contributed by atoms with van der Waals surface area (Å²) in [5.41, 5.74) is 0.116. The minimum absolute atomic E-state index is 0.00330. The second-order valence-corrected chi connectivity index (χ2v) is 10.9. The van der Waals surface area contributed by atoms with E-state index in [-0.39, 0.29) is 47.8 Å². The van der Waals surface area contributed by atoms with Crippen LogP contribution in [0.25, 0.3) is 11.3 Å². The average Bonchev–Trinajstić information content (AvgIpc) is 3.81. The molecular formula is C30H34F3N9O5. The van der Waals surface area contributed by atoms with Gasteiger partial charge in [0.05, 0.1) is 29.4 Å². The lowest BCUT2D eigenvalue weighted by atomic mass is 10.0. The summed E-state index contributed by atoms with van der Waals surface area (Å²) in [6.07, 6.45) is -1.20. The van der Waals surface area contributed by atoms with Gasteiger partial charge < -0.3 is 30.1 Å². The standard InChI is InChI=1S/C29H32F3N9O3.CH2O2/c1-3-18-14-20(4-5-21(18)28(44)40-12-10-39(11-13-40)27(43)19-6-8-34-15-19)36-26(42)25-35-16-23(38(25)2)22-17-41(9-7-33)37-24(22)29(30,31)32;2-1-3/h4-5,14,16-17,19,34H,3,6,8-13,15H2,1-2H3,(H,36,42);1H,(H,2,3)/t19-;/m1./s1. The van der Waals surface area contributed by atoms with E-state index in [1.165, 1.54) is 11.6 Å². The molecule has 3 amide bonds. The number of halogens is 3. The number of rotatable bonds is 7. The molecule has 17 heteroatoms. The van der Waals surface area contributed by atoms with Gasteiger partial charge in [0, 0.05) is 57.2 Å². The Morgan fingerprint density at radius 3 is 2.47 bits per heavy atom. The normalized spacial score (nSPS) is 16.2. The fraction of sp³-hybridized carbons (Fsp3) is 0.433. The van der Waals surface area contributed by atoms with Crippen molar-refractivity contribution in [3.8, 4) is 17.3 Å². The summed E-state index contributed by atoms with van der Waals surface area (Å²) in [5, 5.41) is 25.2. The number of nitrogens with one attached hydrogen (secondary N) is 2. The number of aryl methyl sites for hydroxylation is 1. The number of nitriles is 1. The Kier molecular flexibility index (Phi) is 11.0. The van der Waals surface area contributed by atoms with Gasteiger partial charge in [0.25, 0.3) is 18.3 Å². The average molecular weight is 658 g/mol. The first-order chi connectivity index (χ1) is 22.4. The summed E-state index contributed by atoms with van der Waals surface area (Å²) < 4.78 is 43.0. The lowest BCUT2D eigenvalue weighted by Crippen LogP contribution is -2.52. The molecule has 0 radical (unpaired) electrons. The zero-order valence-electron chi connectivity index (χ0n) is 25.8. The van der Waals surface area contributed by atoms with E-state index in [0.717, 1.165) is 30.0 Å². The summed E-state index contributed by atoms with van der Waals surface area (Å²) in [6.45, 7) is 4.61. The van der Waals surface area contributed by atoms with Gasteiger partial charge in [-0.3, -0.25) is 23.9 Å². The van der Waals surface area contributed by atoms with E-state index in [1.807, 2.05) is 11.8 Å². The van der Waals surface area contributed by atoms with Crippen molar-refractivity contribution in [3.05, 3.63) is 53.2 Å². The van der Waals surface area contributed by atoms with E-state index in [0.29, 0.717) is 56.0 Å². The van der Waals surface area contributed by atoms with Crippen molar-refractivity contribution >= 4 is 29.9 Å². The molecular weight excluding hydrogens is 623 g/mol. The molecule has 2 fully saturated rings. The quantitative estimate of drug-likeness (QED) is 0.322. The SMILES string of the molecule is CCc1cc(NC(=O)c2ncc(-c3cn(CC#N)nc3C(F)(F)F)n2C)ccc1C(=O)N1CCN(C(=O)[C@@H]2CCNC2)CC1.O=CO. The fourth-order valence-corrected chi connectivity index (χ4v) is 5.63. The largest absolute Gasteiger partial charge is 0.483 e. The van der Waals surface area contributed by atoms with Crippen LogP contribution in [0.15, 0.2) is 30.6 Å². The third kappa shape index (κ3) is 7.77. The number of piperazine rings is 1. The number of benzene rings is 1. The van der Waals surface area contributed by atoms with Crippen molar-refractivity contribution in [2.24, 2.45) is 13.0 Å². The second kappa shape index (κ2) is 14.9. The second-order valence-electron chi connectivity index (χ2n) is 10.9. The van der Waals surface area contributed by atoms with E-state index < -0.39 is 17.8 Å². The molecule has 250 valence electrons. The van der Waals surface area contributed by atoms with Crippen LogP contribution in [-0.2, 0) is 35.8 Å². The van der Waals surface area contributed by atoms with Crippen molar-refractivity contribution in [1.82, 2.24) is 34.4 Å². The van der Waals surface area contributed by atoms with E-state index in [9.17, 15) is 27.6 Å². The summed E-state index contributed by atoms with van der Waals surface area (Å²) in [7, 11) is 1.41. The van der Waals surface area contributed by atoms with Crippen molar-refractivity contribution < 1.29 is 37.5 Å². The number of carbonyl (C=O) groups excluding carboxylic acids is 3. The summed E-state index contributed by atoms with van der Waals surface area (Å²) in [4.78, 5) is 55.2. The molecule has 2 aliphatic rings. The minimum atomic E-state index is -4.78. The van der Waals surface area contributed by atoms with Gasteiger partial charge in [0.15, 0.2) is 11.5 Å². The topological polar surface area (TPSA) is 178 Å². The molecule has 0 bridgehead atoms. The van der Waals surface area contributed by atoms with Crippen LogP contribution in [0.1, 0.15) is 45.6 Å². The third-order valence-corrected chi connectivity index (χ3v) is 7.99. The van der Waals surface area contributed by atoms with Crippen LogP contribution in [0.5, 0.6) is 0 Å². The number of carboxylic acid groups (broad SMARTS) is 1. The van der Waals surface area contributed by atoms with Crippen molar-refractivity contribution in [2.45, 2.75) is 32.5 Å². The van der Waals surface area contributed by atoms with Gasteiger partial charge in [0.2, 0.25) is 5.91 Å². The Morgan fingerprint density at radius 1 is 1.19 bits per heavy atom. The van der Waals surface area contributed by atoms with Crippen molar-refractivity contribution in [3.63, 3.8) is 0 Å². The maximum Gasteiger partial charge on any atom is 0.435 e. The maximum absolute atomic E-state index is 13.6. The van der Waals surface area contributed by atoms with Gasteiger partial charge in [0.1, 0.15) is 6.54 Å². The van der Waals surface area contributed by atoms with E-state index >= 15 is 0 Å². The number of amides is 3. The highest BCUT2D eigenvalue weighted by molar-refractivity contribution is 6.03. The molecule has 2 saturated heterocycles. The van der Waals surface area contributed by atoms with Crippen molar-refractivity contribution in [1.29, 1.82) is 5.26 Å². The lowest BCUT2D eigenvalue weighted by molar-refractivity contribution is -0.141. The molecule has 1 aromatic carbocycles. The Hall–Kier alpha value is -5.24. The lowest BCUT2D eigenvalue weighted by Gasteiger charge is -2.36. The molecule has 0 saturated carbocycles. The molecule has 3 aromatic rings. The van der Waals surface area contributed by atoms with Gasteiger partial charge in [-0.05, 0) is 43.1 Å². The Labute approximate surface area is 267 Å². The summed E-state index contributed by atoms with van der Waals surface area (Å²) in [6, 6.07) is 6.68. The van der Waals surface area contributed by atoms with E-state index in [1.54, 1.807) is 29.2 Å². The molecule has 0 spiro atoms. The van der Waals surface area contributed by atoms with Gasteiger partial charge in [-0.2, -0.15) is 23.5 Å². The number of alkyl halides is 3. The zero-order valence-corrected chi connectivity index (χ0v) is 25.8. The van der Waals surface area contributed by atoms with Crippen LogP contribution in [0, 0.1) is 17.2 Å². The number of carbonyl (C=O) groups is 4. The Bertz CT molecular complexity index is 1660. The van der Waals surface area contributed by atoms with E-state index in [2.05, 4.69) is 20.7 Å². The summed E-state index contributed by atoms with van der Waals surface area (Å²) >= 11 is 0. The van der Waals surface area contributed by atoms with Crippen LogP contribution >= 0.6 is 0 Å². The molecule has 5 rings (SSSR count). The smallest absolute Gasteiger partial charge is 0.435 e. The Morgan fingerprint density at radius 2 is 1.87 bits per heavy atom. The highest BCUT2D eigenvalue weighted by atomic mass is 19.4. The minimum Gasteiger partial charge on any atom is -0.483 e. The van der Waals surface area contributed by atoms with Gasteiger partial charge in [-0.1, -0.05) is 6.92 Å². The molecule has 0 aliphatic carbocycles. The predicted octanol–water partition coefficient (Wildman–Crippen LogP) is 2.24. The van der Waals surface area contributed by atoms with Crippen LogP contribution in [0.4, 0.5) is 18.9 Å². The third-order valence-electron chi connectivity index (χ3n) is 7.99. The number of imidazole rings is 1. The number of aromatic nitrogens is 4. The summed E-state index contributed by atoms with van der Waals surface area (Å²) in [5.74, 6) is -0.822. The Balaban J connectivity index is 0.00000160. The molecule has 14 nitrogen and oxygen atoms in total. The molecule has 1 atom stereocenters. The molecule has 2 aliphatic heterocycles. The van der Waals surface area contributed by atoms with Crippen LogP contribution < -0.4 is 10.6 Å². The van der Waals surface area contributed by atoms with Gasteiger partial charge >= 0.3 is 6.18 Å². The highest BCUT2D eigenvalue weighted by Gasteiger charge is 2.39. The van der Waals surface area contributed by atoms with Crippen LogP contribution in [0.3, 0.4) is 0 Å². The van der Waals surface area contributed by atoms with Gasteiger partial charge in [-0.15, -0.1) is 0 Å². The highest BCUT2D eigenvalue weighted by Crippen LogP contribution is 2.36. The first-order valence-corrected chi connectivity index (χ1v) is 14.8. The molecule has 47 heavy (non-hydrogen) atoms. The number of nitrogens with zero attached hydrogens (tertiary/aromatic N) is 7. The fourth-order valence-electron chi connectivity index (χ4n) is 5.63. The molecule has 3 N–H and O–H groups in total. The maximum atomic E-state index is 13.6. The van der Waals surface area contributed by atoms with Crippen LogP contribution in [0.2, 0.25) is 0 Å².